The van der Waals surface area contributed by atoms with Gasteiger partial charge in [-0.05, 0) is 59.7 Å². The zero-order chi connectivity index (χ0) is 21.7. The maximum Gasteiger partial charge on any atom is 0.321 e. The molecule has 1 atom stereocenters. The topological polar surface area (TPSA) is 67.9 Å². The summed E-state index contributed by atoms with van der Waals surface area (Å²) in [6.45, 7) is 1.27. The van der Waals surface area contributed by atoms with Gasteiger partial charge in [0.25, 0.3) is 0 Å². The number of aryl methyl sites for hydroxylation is 2. The number of nitrogens with zero attached hydrogens (tertiary/aromatic N) is 1. The van der Waals surface area contributed by atoms with Crippen LogP contribution in [0, 0.1) is 5.92 Å². The zero-order valence-corrected chi connectivity index (χ0v) is 17.7. The molecule has 1 unspecified atom stereocenters. The number of amides is 2. The van der Waals surface area contributed by atoms with Gasteiger partial charge in [-0.1, -0.05) is 30.3 Å². The van der Waals surface area contributed by atoms with Crippen LogP contribution < -0.4 is 14.8 Å². The van der Waals surface area contributed by atoms with Gasteiger partial charge in [-0.15, -0.1) is 0 Å². The molecule has 1 saturated heterocycles. The molecule has 0 saturated carbocycles. The Kier molecular flexibility index (Phi) is 4.52. The van der Waals surface area contributed by atoms with Crippen LogP contribution in [0.1, 0.15) is 34.3 Å². The molecule has 3 aromatic rings. The highest BCUT2D eigenvalue weighted by Crippen LogP contribution is 2.36. The minimum atomic E-state index is -0.193. The molecule has 0 radical (unpaired) electrons. The van der Waals surface area contributed by atoms with Gasteiger partial charge in [0, 0.05) is 36.3 Å². The highest BCUT2D eigenvalue weighted by atomic mass is 16.7. The first-order valence-electron chi connectivity index (χ1n) is 11.2. The second-order valence-electron chi connectivity index (χ2n) is 8.76. The van der Waals surface area contributed by atoms with E-state index in [9.17, 15) is 9.59 Å². The van der Waals surface area contributed by atoms with E-state index >= 15 is 0 Å². The number of ketones is 1. The number of fused-ring (bicyclic) bond motifs is 1. The quantitative estimate of drug-likeness (QED) is 0.609. The lowest BCUT2D eigenvalue weighted by Gasteiger charge is -2.32. The van der Waals surface area contributed by atoms with Crippen LogP contribution in [0.5, 0.6) is 11.5 Å². The fourth-order valence-electron chi connectivity index (χ4n) is 5.23. The Hall–Kier alpha value is -3.54. The van der Waals surface area contributed by atoms with E-state index in [-0.39, 0.29) is 24.5 Å². The second kappa shape index (κ2) is 7.55. The van der Waals surface area contributed by atoms with Crippen LogP contribution in [-0.2, 0) is 12.8 Å². The number of ether oxygens (including phenoxy) is 2. The van der Waals surface area contributed by atoms with Gasteiger partial charge < -0.3 is 19.7 Å². The predicted molar refractivity (Wildman–Crippen MR) is 122 cm³/mol. The van der Waals surface area contributed by atoms with Crippen molar-refractivity contribution in [2.75, 3.05) is 25.2 Å². The molecule has 0 spiro atoms. The Balaban J connectivity index is 1.20. The number of benzene rings is 3. The fourth-order valence-corrected chi connectivity index (χ4v) is 5.23. The van der Waals surface area contributed by atoms with Crippen molar-refractivity contribution in [3.05, 3.63) is 65.2 Å². The largest absolute Gasteiger partial charge is 0.454 e. The van der Waals surface area contributed by atoms with Crippen molar-refractivity contribution in [3.63, 3.8) is 0 Å². The first-order chi connectivity index (χ1) is 15.7. The van der Waals surface area contributed by atoms with Crippen LogP contribution in [0.3, 0.4) is 0 Å². The van der Waals surface area contributed by atoms with Gasteiger partial charge in [0.15, 0.2) is 17.3 Å². The molecule has 6 rings (SSSR count). The number of carbonyl (C=O) groups is 2. The molecule has 32 heavy (non-hydrogen) atoms. The van der Waals surface area contributed by atoms with E-state index in [1.807, 2.05) is 6.07 Å². The highest BCUT2D eigenvalue weighted by Gasteiger charge is 2.31. The molecule has 0 aromatic heterocycles. The summed E-state index contributed by atoms with van der Waals surface area (Å²) in [5.74, 6) is 1.25. The van der Waals surface area contributed by atoms with Crippen LogP contribution in [0.15, 0.2) is 48.5 Å². The third-order valence-electron chi connectivity index (χ3n) is 6.85. The Morgan fingerprint density at radius 2 is 1.81 bits per heavy atom. The number of rotatable bonds is 3. The molecule has 6 heteroatoms. The Morgan fingerprint density at radius 1 is 0.969 bits per heavy atom. The number of hydrogen-bond acceptors (Lipinski definition) is 4. The van der Waals surface area contributed by atoms with E-state index in [2.05, 4.69) is 29.6 Å². The van der Waals surface area contributed by atoms with Gasteiger partial charge >= 0.3 is 6.03 Å². The lowest BCUT2D eigenvalue weighted by atomic mass is 9.87. The van der Waals surface area contributed by atoms with Gasteiger partial charge in [0.2, 0.25) is 6.79 Å². The van der Waals surface area contributed by atoms with Crippen molar-refractivity contribution in [1.29, 1.82) is 0 Å². The highest BCUT2D eigenvalue weighted by molar-refractivity contribution is 6.11. The molecule has 0 bridgehead atoms. The minimum absolute atomic E-state index is 0.140. The molecule has 2 heterocycles. The number of piperidine rings is 1. The van der Waals surface area contributed by atoms with Crippen molar-refractivity contribution in [2.24, 2.45) is 5.92 Å². The Morgan fingerprint density at radius 3 is 2.72 bits per heavy atom. The molecular weight excluding hydrogens is 404 g/mol. The molecule has 2 aliphatic heterocycles. The lowest BCUT2D eigenvalue weighted by molar-refractivity contribution is 0.0853. The maximum absolute atomic E-state index is 13.5. The average Bonchev–Trinajstić information content (AvgIpc) is 3.47. The van der Waals surface area contributed by atoms with Crippen LogP contribution in [0.4, 0.5) is 10.5 Å². The number of anilines is 1. The summed E-state index contributed by atoms with van der Waals surface area (Å²) in [7, 11) is 0. The van der Waals surface area contributed by atoms with Gasteiger partial charge in [-0.25, -0.2) is 4.79 Å². The molecule has 2 amide bonds. The number of hydrogen-bond donors (Lipinski definition) is 1. The molecule has 6 nitrogen and oxygen atoms in total. The monoisotopic (exact) mass is 428 g/mol. The molecular formula is C26H24N2O4. The van der Waals surface area contributed by atoms with Crippen molar-refractivity contribution < 1.29 is 19.1 Å². The molecule has 1 N–H and O–H groups in total. The number of nitrogens with one attached hydrogen (secondary N) is 1. The summed E-state index contributed by atoms with van der Waals surface area (Å²) in [6, 6.07) is 15.5. The second-order valence-corrected chi connectivity index (χ2v) is 8.76. The molecule has 1 fully saturated rings. The van der Waals surface area contributed by atoms with Crippen LogP contribution in [0.25, 0.3) is 10.8 Å². The molecule has 162 valence electrons. The van der Waals surface area contributed by atoms with Crippen molar-refractivity contribution >= 4 is 28.3 Å². The summed E-state index contributed by atoms with van der Waals surface area (Å²) in [4.78, 5) is 28.2. The maximum atomic E-state index is 13.5. The van der Waals surface area contributed by atoms with E-state index in [1.54, 1.807) is 23.1 Å². The number of Topliss-reactive ketones (excluding diaryl/α,β-unsaturated/α-hetero) is 1. The van der Waals surface area contributed by atoms with Crippen LogP contribution in [0.2, 0.25) is 0 Å². The first kappa shape index (κ1) is 19.2. The fraction of sp³-hybridized carbons (Fsp3) is 0.308. The summed E-state index contributed by atoms with van der Waals surface area (Å²) in [5.41, 5.74) is 4.11. The van der Waals surface area contributed by atoms with Gasteiger partial charge in [0.05, 0.1) is 0 Å². The van der Waals surface area contributed by atoms with E-state index in [4.69, 9.17) is 9.47 Å². The zero-order valence-electron chi connectivity index (χ0n) is 17.7. The summed E-state index contributed by atoms with van der Waals surface area (Å²) in [6.07, 6.45) is 3.70. The van der Waals surface area contributed by atoms with Crippen molar-refractivity contribution in [1.82, 2.24) is 4.90 Å². The normalized spacial score (nSPS) is 18.8. The van der Waals surface area contributed by atoms with Gasteiger partial charge in [-0.2, -0.15) is 0 Å². The first-order valence-corrected chi connectivity index (χ1v) is 11.2. The Labute approximate surface area is 186 Å². The third-order valence-corrected chi connectivity index (χ3v) is 6.85. The third kappa shape index (κ3) is 3.18. The van der Waals surface area contributed by atoms with E-state index in [1.165, 1.54) is 16.5 Å². The predicted octanol–water partition coefficient (Wildman–Crippen LogP) is 4.79. The summed E-state index contributed by atoms with van der Waals surface area (Å²) in [5, 5.41) is 5.25. The molecule has 3 aliphatic rings. The van der Waals surface area contributed by atoms with Gasteiger partial charge in [0.1, 0.15) is 0 Å². The number of urea groups is 1. The van der Waals surface area contributed by atoms with E-state index in [0.717, 1.165) is 36.6 Å². The van der Waals surface area contributed by atoms with Crippen LogP contribution in [-0.4, -0.2) is 36.6 Å². The van der Waals surface area contributed by atoms with E-state index < -0.39 is 0 Å². The lowest BCUT2D eigenvalue weighted by Crippen LogP contribution is -2.44. The van der Waals surface area contributed by atoms with Gasteiger partial charge in [-0.3, -0.25) is 4.79 Å². The van der Waals surface area contributed by atoms with Crippen LogP contribution >= 0.6 is 0 Å². The SMILES string of the molecule is O=C(c1ccc2c3c(cccc13)CC2)C1CCCN(C(=O)Nc2ccc3c(c2)OCO3)C1. The van der Waals surface area contributed by atoms with Crippen molar-refractivity contribution in [3.8, 4) is 11.5 Å². The minimum Gasteiger partial charge on any atom is -0.454 e. The summed E-state index contributed by atoms with van der Waals surface area (Å²) >= 11 is 0. The number of likely N-dealkylation sites (tertiary alicyclic amines) is 1. The molecule has 1 aliphatic carbocycles. The Bertz CT molecular complexity index is 1240. The molecule has 3 aromatic carbocycles. The smallest absolute Gasteiger partial charge is 0.321 e. The number of carbonyl (C=O) groups excluding carboxylic acids is 2. The van der Waals surface area contributed by atoms with E-state index in [0.29, 0.717) is 30.3 Å². The van der Waals surface area contributed by atoms with Crippen molar-refractivity contribution in [2.45, 2.75) is 25.7 Å². The summed E-state index contributed by atoms with van der Waals surface area (Å²) < 4.78 is 10.7. The standard InChI is InChI=1S/C26H24N2O4/c29-25(21-10-8-17-7-6-16-3-1-5-20(21)24(16)17)18-4-2-12-28(14-18)26(30)27-19-9-11-22-23(13-19)32-15-31-22/h1,3,5,8-11,13,18H,2,4,6-7,12,14-15H2,(H,27,30). The average molecular weight is 428 g/mol.